The molecule has 1 fully saturated rings. The Morgan fingerprint density at radius 1 is 1.56 bits per heavy atom. The van der Waals surface area contributed by atoms with Gasteiger partial charge in [-0.25, -0.2) is 4.98 Å². The van der Waals surface area contributed by atoms with Crippen LogP contribution in [0, 0.1) is 5.92 Å². The number of carbonyl (C=O) groups is 1. The minimum atomic E-state index is -0.280. The molecule has 0 aromatic carbocycles. The largest absolute Gasteiger partial charge is 0.393 e. The maximum Gasteiger partial charge on any atom is 0.254 e. The van der Waals surface area contributed by atoms with Gasteiger partial charge in [0.25, 0.3) is 5.91 Å². The number of aliphatic hydroxyl groups is 1. The summed E-state index contributed by atoms with van der Waals surface area (Å²) in [7, 11) is 0. The number of carbonyl (C=O) groups excluding carboxylic acids is 1. The molecule has 98 valence electrons. The Hall–Kier alpha value is -0.940. The number of hydrogen-bond acceptors (Lipinski definition) is 3. The molecule has 0 saturated carbocycles. The summed E-state index contributed by atoms with van der Waals surface area (Å²) in [5, 5.41) is 9.54. The van der Waals surface area contributed by atoms with E-state index in [-0.39, 0.29) is 12.0 Å². The minimum absolute atomic E-state index is 0.0437. The van der Waals surface area contributed by atoms with Crippen molar-refractivity contribution in [2.45, 2.75) is 25.9 Å². The molecule has 1 atom stereocenters. The molecule has 1 unspecified atom stereocenters. The molecular weight excluding hydrogens is 296 g/mol. The van der Waals surface area contributed by atoms with Crippen molar-refractivity contribution in [3.63, 3.8) is 0 Å². The molecule has 2 heterocycles. The number of pyridine rings is 1. The first kappa shape index (κ1) is 13.5. The summed E-state index contributed by atoms with van der Waals surface area (Å²) < 4.78 is 0.673. The lowest BCUT2D eigenvalue weighted by Gasteiger charge is -2.33. The second-order valence-corrected chi connectivity index (χ2v) is 5.55. The average molecular weight is 313 g/mol. The van der Waals surface area contributed by atoms with E-state index in [0.717, 1.165) is 12.8 Å². The third-order valence-corrected chi connectivity index (χ3v) is 3.92. The SMILES string of the molecule is CC(O)C1CCN(C(=O)c2ccnc(Br)c2)CC1. The summed E-state index contributed by atoms with van der Waals surface area (Å²) in [6.07, 6.45) is 3.09. The summed E-state index contributed by atoms with van der Waals surface area (Å²) in [5.74, 6) is 0.361. The molecule has 18 heavy (non-hydrogen) atoms. The quantitative estimate of drug-likeness (QED) is 0.851. The first-order valence-electron chi connectivity index (χ1n) is 6.17. The van der Waals surface area contributed by atoms with Gasteiger partial charge in [0, 0.05) is 24.8 Å². The summed E-state index contributed by atoms with van der Waals surface area (Å²) in [6.45, 7) is 3.25. The molecule has 1 aliphatic heterocycles. The fourth-order valence-electron chi connectivity index (χ4n) is 2.30. The van der Waals surface area contributed by atoms with Gasteiger partial charge in [-0.3, -0.25) is 4.79 Å². The topological polar surface area (TPSA) is 53.4 Å². The second kappa shape index (κ2) is 5.80. The minimum Gasteiger partial charge on any atom is -0.393 e. The fourth-order valence-corrected chi connectivity index (χ4v) is 2.67. The number of rotatable bonds is 2. The van der Waals surface area contributed by atoms with Gasteiger partial charge in [-0.2, -0.15) is 0 Å². The monoisotopic (exact) mass is 312 g/mol. The fraction of sp³-hybridized carbons (Fsp3) is 0.538. The number of nitrogens with zero attached hydrogens (tertiary/aromatic N) is 2. The van der Waals surface area contributed by atoms with E-state index in [1.807, 2.05) is 11.8 Å². The van der Waals surface area contributed by atoms with E-state index in [1.165, 1.54) is 0 Å². The van der Waals surface area contributed by atoms with E-state index in [4.69, 9.17) is 0 Å². The smallest absolute Gasteiger partial charge is 0.254 e. The molecule has 0 radical (unpaired) electrons. The van der Waals surface area contributed by atoms with Crippen LogP contribution in [0.4, 0.5) is 0 Å². The lowest BCUT2D eigenvalue weighted by Crippen LogP contribution is -2.40. The number of amides is 1. The third-order valence-electron chi connectivity index (χ3n) is 3.48. The van der Waals surface area contributed by atoms with E-state index >= 15 is 0 Å². The Labute approximate surface area is 115 Å². The highest BCUT2D eigenvalue weighted by atomic mass is 79.9. The van der Waals surface area contributed by atoms with Crippen LogP contribution in [-0.2, 0) is 0 Å². The molecule has 1 amide bonds. The third kappa shape index (κ3) is 3.09. The number of aromatic nitrogens is 1. The van der Waals surface area contributed by atoms with Gasteiger partial charge in [-0.1, -0.05) is 0 Å². The van der Waals surface area contributed by atoms with Gasteiger partial charge in [-0.05, 0) is 53.7 Å². The first-order chi connectivity index (χ1) is 8.58. The molecule has 0 bridgehead atoms. The summed E-state index contributed by atoms with van der Waals surface area (Å²) >= 11 is 3.27. The maximum atomic E-state index is 12.2. The van der Waals surface area contributed by atoms with Gasteiger partial charge in [0.15, 0.2) is 0 Å². The molecule has 0 aliphatic carbocycles. The van der Waals surface area contributed by atoms with Crippen LogP contribution < -0.4 is 0 Å². The highest BCUT2D eigenvalue weighted by Crippen LogP contribution is 2.22. The molecule has 1 aromatic heterocycles. The standard InChI is InChI=1S/C13H17BrN2O2/c1-9(17)10-3-6-16(7-4-10)13(18)11-2-5-15-12(14)8-11/h2,5,8-10,17H,3-4,6-7H2,1H3. The average Bonchev–Trinajstić information content (AvgIpc) is 2.38. The van der Waals surface area contributed by atoms with Crippen molar-refractivity contribution < 1.29 is 9.90 Å². The normalized spacial score (nSPS) is 18.7. The lowest BCUT2D eigenvalue weighted by atomic mass is 9.92. The van der Waals surface area contributed by atoms with Crippen LogP contribution in [0.3, 0.4) is 0 Å². The van der Waals surface area contributed by atoms with Crippen molar-refractivity contribution in [3.8, 4) is 0 Å². The van der Waals surface area contributed by atoms with Crippen molar-refractivity contribution in [2.24, 2.45) is 5.92 Å². The Bertz CT molecular complexity index is 429. The van der Waals surface area contributed by atoms with Gasteiger partial charge in [0.05, 0.1) is 6.10 Å². The molecule has 1 aromatic rings. The molecule has 5 heteroatoms. The van der Waals surface area contributed by atoms with Crippen LogP contribution in [0.5, 0.6) is 0 Å². The molecule has 1 aliphatic rings. The zero-order valence-corrected chi connectivity index (χ0v) is 11.9. The maximum absolute atomic E-state index is 12.2. The van der Waals surface area contributed by atoms with Gasteiger partial charge < -0.3 is 10.0 Å². The number of halogens is 1. The molecule has 4 nitrogen and oxygen atoms in total. The van der Waals surface area contributed by atoms with Crippen molar-refractivity contribution in [3.05, 3.63) is 28.5 Å². The van der Waals surface area contributed by atoms with Crippen LogP contribution in [0.1, 0.15) is 30.1 Å². The van der Waals surface area contributed by atoms with Gasteiger partial charge >= 0.3 is 0 Å². The van der Waals surface area contributed by atoms with E-state index in [2.05, 4.69) is 20.9 Å². The summed E-state index contributed by atoms with van der Waals surface area (Å²) in [6, 6.07) is 3.47. The Morgan fingerprint density at radius 3 is 2.78 bits per heavy atom. The van der Waals surface area contributed by atoms with Crippen LogP contribution in [0.15, 0.2) is 22.9 Å². The van der Waals surface area contributed by atoms with Crippen LogP contribution >= 0.6 is 15.9 Å². The summed E-state index contributed by atoms with van der Waals surface area (Å²) in [4.78, 5) is 18.1. The van der Waals surface area contributed by atoms with Crippen LogP contribution in [0.2, 0.25) is 0 Å². The zero-order chi connectivity index (χ0) is 13.1. The molecule has 1 N–H and O–H groups in total. The number of likely N-dealkylation sites (tertiary alicyclic amines) is 1. The highest BCUT2D eigenvalue weighted by Gasteiger charge is 2.25. The van der Waals surface area contributed by atoms with Crippen LogP contribution in [-0.4, -0.2) is 40.1 Å². The van der Waals surface area contributed by atoms with E-state index in [1.54, 1.807) is 18.3 Å². The van der Waals surface area contributed by atoms with E-state index < -0.39 is 0 Å². The predicted octanol–water partition coefficient (Wildman–Crippen LogP) is 2.08. The van der Waals surface area contributed by atoms with Gasteiger partial charge in [0.1, 0.15) is 4.60 Å². The van der Waals surface area contributed by atoms with Crippen molar-refractivity contribution in [1.82, 2.24) is 9.88 Å². The van der Waals surface area contributed by atoms with Crippen LogP contribution in [0.25, 0.3) is 0 Å². The Balaban J connectivity index is 1.99. The van der Waals surface area contributed by atoms with E-state index in [9.17, 15) is 9.90 Å². The zero-order valence-electron chi connectivity index (χ0n) is 10.3. The van der Waals surface area contributed by atoms with Crippen molar-refractivity contribution >= 4 is 21.8 Å². The van der Waals surface area contributed by atoms with Crippen molar-refractivity contribution in [2.75, 3.05) is 13.1 Å². The Kier molecular flexibility index (Phi) is 4.35. The second-order valence-electron chi connectivity index (χ2n) is 4.74. The highest BCUT2D eigenvalue weighted by molar-refractivity contribution is 9.10. The molecule has 2 rings (SSSR count). The Morgan fingerprint density at radius 2 is 2.22 bits per heavy atom. The molecule has 1 saturated heterocycles. The van der Waals surface area contributed by atoms with E-state index in [0.29, 0.717) is 29.2 Å². The number of aliphatic hydroxyl groups excluding tert-OH is 1. The first-order valence-corrected chi connectivity index (χ1v) is 6.96. The molecular formula is C13H17BrN2O2. The van der Waals surface area contributed by atoms with Crippen molar-refractivity contribution in [1.29, 1.82) is 0 Å². The predicted molar refractivity (Wildman–Crippen MR) is 72.2 cm³/mol. The van der Waals surface area contributed by atoms with Gasteiger partial charge in [0.2, 0.25) is 0 Å². The molecule has 0 spiro atoms. The summed E-state index contributed by atoms with van der Waals surface area (Å²) in [5.41, 5.74) is 0.660. The number of hydrogen-bond donors (Lipinski definition) is 1. The van der Waals surface area contributed by atoms with Gasteiger partial charge in [-0.15, -0.1) is 0 Å². The lowest BCUT2D eigenvalue weighted by molar-refractivity contribution is 0.0521. The number of piperidine rings is 1.